The lowest BCUT2D eigenvalue weighted by Gasteiger charge is -2.13. The van der Waals surface area contributed by atoms with Crippen molar-refractivity contribution in [1.82, 2.24) is 0 Å². The van der Waals surface area contributed by atoms with Crippen LogP contribution in [-0.4, -0.2) is 82.3 Å². The molecule has 0 aliphatic carbocycles. The highest BCUT2D eigenvalue weighted by molar-refractivity contribution is 7.86. The van der Waals surface area contributed by atoms with Crippen LogP contribution in [0, 0.1) is 0 Å². The highest BCUT2D eigenvalue weighted by atomic mass is 32.2. The minimum atomic E-state index is -5.13. The number of nitrogens with one attached hydrogen (secondary N) is 2. The van der Waals surface area contributed by atoms with Crippen LogP contribution in [0.4, 0.5) is 38.9 Å². The molecule has 62 heavy (non-hydrogen) atoms. The standard InChI is InChI=1S/C35H28N6O17S4/c1-57-27-9-5-21(59(45,46)47)15-25(27)38-40-31-29(61(51,52)53)13-17-11-19(3-7-23(17)33(31)42)36-35(44)37-20-4-8-24-18(12-20)14-30(62(54,55)56)32(34(24)43)41-39-26-16-22(60(48,49)50)6-10-28(26)58-2/h3-16,42-43H,1-2H3,(H2,36,37,44)(H,45,46,47)(H,48,49,50)(H,51,52,53)(H,54,55,56). The summed E-state index contributed by atoms with van der Waals surface area (Å²) in [4.78, 5) is 9.98. The number of aromatic hydroxyl groups is 2. The van der Waals surface area contributed by atoms with Gasteiger partial charge in [-0.15, -0.1) is 20.5 Å². The summed E-state index contributed by atoms with van der Waals surface area (Å²) in [6, 6.07) is 14.3. The average molecular weight is 933 g/mol. The molecule has 324 valence electrons. The van der Waals surface area contributed by atoms with Gasteiger partial charge >= 0.3 is 6.03 Å². The van der Waals surface area contributed by atoms with Crippen LogP contribution < -0.4 is 20.1 Å². The minimum absolute atomic E-state index is 0.0117. The predicted molar refractivity (Wildman–Crippen MR) is 217 cm³/mol. The van der Waals surface area contributed by atoms with Crippen molar-refractivity contribution in [3.8, 4) is 23.0 Å². The number of anilines is 2. The van der Waals surface area contributed by atoms with Gasteiger partial charge < -0.3 is 30.3 Å². The molecule has 0 heterocycles. The zero-order chi connectivity index (χ0) is 45.5. The smallest absolute Gasteiger partial charge is 0.323 e. The Balaban J connectivity index is 1.30. The number of methoxy groups -OCH3 is 2. The molecule has 2 amide bonds. The van der Waals surface area contributed by atoms with Crippen LogP contribution in [0.2, 0.25) is 0 Å². The molecule has 0 saturated heterocycles. The molecule has 0 fully saturated rings. The molecule has 0 spiro atoms. The summed E-state index contributed by atoms with van der Waals surface area (Å²) in [5, 5.41) is 41.9. The summed E-state index contributed by atoms with van der Waals surface area (Å²) < 4.78 is 145. The topological polar surface area (TPSA) is 367 Å². The summed E-state index contributed by atoms with van der Waals surface area (Å²) in [6.45, 7) is 0. The van der Waals surface area contributed by atoms with E-state index in [1.165, 1.54) is 50.6 Å². The van der Waals surface area contributed by atoms with Gasteiger partial charge in [0.2, 0.25) is 0 Å². The maximum absolute atomic E-state index is 13.1. The Bertz CT molecular complexity index is 3160. The SMILES string of the molecule is COc1ccc(S(=O)(=O)O)cc1N=Nc1c(S(=O)(=O)O)cc2cc(NC(=O)Nc3ccc4c(O)c(N=Nc5cc(S(=O)(=O)O)ccc5OC)c(S(=O)(=O)O)cc4c3)ccc2c1O. The molecule has 0 saturated carbocycles. The number of carbonyl (C=O) groups is 1. The second kappa shape index (κ2) is 16.5. The van der Waals surface area contributed by atoms with Gasteiger partial charge in [-0.05, 0) is 95.7 Å². The van der Waals surface area contributed by atoms with Crippen molar-refractivity contribution in [2.45, 2.75) is 19.6 Å². The summed E-state index contributed by atoms with van der Waals surface area (Å²) in [5.74, 6) is -1.73. The molecule has 8 N–H and O–H groups in total. The van der Waals surface area contributed by atoms with Gasteiger partial charge in [-0.2, -0.15) is 33.7 Å². The van der Waals surface area contributed by atoms with E-state index in [1.54, 1.807) is 0 Å². The number of azo groups is 2. The number of rotatable bonds is 12. The van der Waals surface area contributed by atoms with Crippen molar-refractivity contribution in [3.05, 3.63) is 84.9 Å². The van der Waals surface area contributed by atoms with Crippen molar-refractivity contribution >= 4 is 102 Å². The van der Waals surface area contributed by atoms with Gasteiger partial charge in [-0.1, -0.05) is 0 Å². The molecule has 0 unspecified atom stereocenters. The molecule has 6 rings (SSSR count). The quantitative estimate of drug-likeness (QED) is 0.0457. The molecule has 0 aliphatic rings. The second-order valence-electron chi connectivity index (χ2n) is 12.6. The number of benzene rings is 6. The Morgan fingerprint density at radius 1 is 0.500 bits per heavy atom. The number of ether oxygens (including phenoxy) is 2. The van der Waals surface area contributed by atoms with Gasteiger partial charge in [0.1, 0.15) is 44.0 Å². The minimum Gasteiger partial charge on any atom is -0.505 e. The molecule has 0 bridgehead atoms. The third-order valence-electron chi connectivity index (χ3n) is 8.59. The van der Waals surface area contributed by atoms with Crippen molar-refractivity contribution in [3.63, 3.8) is 0 Å². The van der Waals surface area contributed by atoms with E-state index in [4.69, 9.17) is 9.47 Å². The van der Waals surface area contributed by atoms with Crippen LogP contribution in [0.3, 0.4) is 0 Å². The Hall–Kier alpha value is -6.85. The average Bonchev–Trinajstić information content (AvgIpc) is 3.18. The first-order valence-corrected chi connectivity index (χ1v) is 22.4. The molecule has 27 heteroatoms. The van der Waals surface area contributed by atoms with Crippen LogP contribution in [0.1, 0.15) is 0 Å². The van der Waals surface area contributed by atoms with E-state index in [1.807, 2.05) is 0 Å². The number of hydrogen-bond acceptors (Lipinski definition) is 17. The van der Waals surface area contributed by atoms with Crippen molar-refractivity contribution < 1.29 is 76.4 Å². The van der Waals surface area contributed by atoms with Gasteiger partial charge in [-0.3, -0.25) is 18.2 Å². The molecule has 6 aromatic carbocycles. The first-order valence-electron chi connectivity index (χ1n) is 16.7. The van der Waals surface area contributed by atoms with Gasteiger partial charge in [-0.25, -0.2) is 4.79 Å². The fraction of sp³-hybridized carbons (Fsp3) is 0.0571. The lowest BCUT2D eigenvalue weighted by molar-refractivity contribution is 0.262. The highest BCUT2D eigenvalue weighted by Crippen LogP contribution is 2.45. The van der Waals surface area contributed by atoms with E-state index in [-0.39, 0.29) is 55.8 Å². The molecule has 0 aliphatic heterocycles. The molecular formula is C35H28N6O17S4. The van der Waals surface area contributed by atoms with Crippen LogP contribution in [0.25, 0.3) is 21.5 Å². The normalized spacial score (nSPS) is 12.6. The maximum atomic E-state index is 13.1. The van der Waals surface area contributed by atoms with Crippen molar-refractivity contribution in [1.29, 1.82) is 0 Å². The van der Waals surface area contributed by atoms with Gasteiger partial charge in [0.15, 0.2) is 11.5 Å². The fourth-order valence-corrected chi connectivity index (χ4v) is 8.08. The van der Waals surface area contributed by atoms with Crippen LogP contribution in [-0.2, 0) is 40.5 Å². The lowest BCUT2D eigenvalue weighted by Crippen LogP contribution is -2.19. The van der Waals surface area contributed by atoms with Gasteiger partial charge in [0, 0.05) is 22.1 Å². The Labute approximate surface area is 350 Å². The van der Waals surface area contributed by atoms with E-state index in [0.29, 0.717) is 0 Å². The maximum Gasteiger partial charge on any atom is 0.323 e. The van der Waals surface area contributed by atoms with Crippen LogP contribution in [0.15, 0.2) is 125 Å². The number of carbonyl (C=O) groups excluding carboxylic acids is 1. The Kier molecular flexibility index (Phi) is 11.9. The van der Waals surface area contributed by atoms with E-state index < -0.39 is 89.0 Å². The first-order chi connectivity index (χ1) is 28.9. The third kappa shape index (κ3) is 9.53. The van der Waals surface area contributed by atoms with E-state index >= 15 is 0 Å². The van der Waals surface area contributed by atoms with Crippen LogP contribution in [0.5, 0.6) is 23.0 Å². The predicted octanol–water partition coefficient (Wildman–Crippen LogP) is 6.88. The zero-order valence-corrected chi connectivity index (χ0v) is 34.4. The van der Waals surface area contributed by atoms with Gasteiger partial charge in [0.05, 0.1) is 24.0 Å². The summed E-state index contributed by atoms with van der Waals surface area (Å²) >= 11 is 0. The number of urea groups is 1. The molecular weight excluding hydrogens is 905 g/mol. The van der Waals surface area contributed by atoms with Crippen molar-refractivity contribution in [2.24, 2.45) is 20.5 Å². The third-order valence-corrected chi connectivity index (χ3v) is 12.0. The lowest BCUT2D eigenvalue weighted by atomic mass is 10.1. The second-order valence-corrected chi connectivity index (χ2v) is 18.2. The zero-order valence-electron chi connectivity index (χ0n) is 31.2. The van der Waals surface area contributed by atoms with E-state index in [9.17, 15) is 66.9 Å². The molecule has 23 nitrogen and oxygen atoms in total. The highest BCUT2D eigenvalue weighted by Gasteiger charge is 2.25. The number of fused-ring (bicyclic) bond motifs is 2. The summed E-state index contributed by atoms with van der Waals surface area (Å²) in [6.07, 6.45) is 0. The number of phenols is 2. The largest absolute Gasteiger partial charge is 0.505 e. The molecule has 0 atom stereocenters. The number of amides is 2. The monoisotopic (exact) mass is 932 g/mol. The Morgan fingerprint density at radius 3 is 1.19 bits per heavy atom. The van der Waals surface area contributed by atoms with Gasteiger partial charge in [0.25, 0.3) is 40.5 Å². The summed E-state index contributed by atoms with van der Waals surface area (Å²) in [7, 11) is -17.3. The van der Waals surface area contributed by atoms with E-state index in [2.05, 4.69) is 31.1 Å². The first kappa shape index (κ1) is 44.7. The number of hydrogen-bond donors (Lipinski definition) is 8. The van der Waals surface area contributed by atoms with Crippen LogP contribution >= 0.6 is 0 Å². The Morgan fingerprint density at radius 2 is 0.871 bits per heavy atom. The number of nitrogens with zero attached hydrogens (tertiary/aromatic N) is 4. The van der Waals surface area contributed by atoms with E-state index in [0.717, 1.165) is 48.5 Å². The molecule has 6 aromatic rings. The summed E-state index contributed by atoms with van der Waals surface area (Å²) in [5.41, 5.74) is -2.13. The number of phenolic OH excluding ortho intramolecular Hbond substituents is 2. The fourth-order valence-electron chi connectivity index (χ4n) is 5.76. The van der Waals surface area contributed by atoms with Crippen molar-refractivity contribution in [2.75, 3.05) is 24.9 Å². The molecule has 0 radical (unpaired) electrons. The molecule has 0 aromatic heterocycles.